The Balaban J connectivity index is 0.000000552. The number of carboxylic acid groups (broad SMARTS) is 2. The number of rotatable bonds is 3. The predicted octanol–water partition coefficient (Wildman–Crippen LogP) is 0.653. The average Bonchev–Trinajstić information content (AvgIpc) is 2.80. The van der Waals surface area contributed by atoms with Crippen LogP contribution in [0.3, 0.4) is 0 Å². The minimum atomic E-state index is -0.909. The number of ether oxygens (including phenoxy) is 1. The topological polar surface area (TPSA) is 107 Å². The van der Waals surface area contributed by atoms with Gasteiger partial charge in [0.15, 0.2) is 0 Å². The summed E-state index contributed by atoms with van der Waals surface area (Å²) in [6.07, 6.45) is 0. The highest BCUT2D eigenvalue weighted by Gasteiger charge is 2.29. The second-order valence-corrected chi connectivity index (χ2v) is 6.38. The molecule has 1 atom stereocenters. The molecule has 2 aliphatic rings. The van der Waals surface area contributed by atoms with E-state index in [9.17, 15) is 9.59 Å². The van der Waals surface area contributed by atoms with Crippen LogP contribution in [-0.2, 0) is 32.2 Å². The van der Waals surface area contributed by atoms with E-state index in [-0.39, 0.29) is 19.1 Å². The van der Waals surface area contributed by atoms with Crippen LogP contribution in [0.25, 0.3) is 0 Å². The molecule has 8 nitrogen and oxygen atoms in total. The molecule has 0 bridgehead atoms. The first kappa shape index (κ1) is 19.9. The largest absolute Gasteiger partial charge is 0.481 e. The molecule has 2 N–H and O–H groups in total. The molecule has 1 fully saturated rings. The molecule has 142 valence electrons. The lowest BCUT2D eigenvalue weighted by Crippen LogP contribution is -2.42. The van der Waals surface area contributed by atoms with Gasteiger partial charge in [0.2, 0.25) is 5.91 Å². The number of hydrogen-bond donors (Lipinski definition) is 2. The molecule has 3 rings (SSSR count). The van der Waals surface area contributed by atoms with Crippen molar-refractivity contribution in [1.82, 2.24) is 9.80 Å². The maximum absolute atomic E-state index is 12.5. The van der Waals surface area contributed by atoms with Gasteiger partial charge >= 0.3 is 5.97 Å². The zero-order chi connectivity index (χ0) is 19.1. The van der Waals surface area contributed by atoms with E-state index in [0.29, 0.717) is 19.7 Å². The summed E-state index contributed by atoms with van der Waals surface area (Å²) in [7, 11) is 0. The summed E-state index contributed by atoms with van der Waals surface area (Å²) >= 11 is 0. The van der Waals surface area contributed by atoms with Gasteiger partial charge in [0, 0.05) is 33.1 Å². The molecule has 1 saturated heterocycles. The van der Waals surface area contributed by atoms with Crippen molar-refractivity contribution in [1.29, 1.82) is 0 Å². The highest BCUT2D eigenvalue weighted by molar-refractivity contribution is 5.79. The van der Waals surface area contributed by atoms with Crippen molar-refractivity contribution in [3.63, 3.8) is 0 Å². The molecule has 2 aliphatic heterocycles. The molecular weight excluding hydrogens is 340 g/mol. The molecule has 8 heteroatoms. The Morgan fingerprint density at radius 3 is 2.27 bits per heavy atom. The molecule has 1 unspecified atom stereocenters. The maximum atomic E-state index is 12.5. The summed E-state index contributed by atoms with van der Waals surface area (Å²) in [4.78, 5) is 36.3. The number of hydrogen-bond acceptors (Lipinski definition) is 5. The summed E-state index contributed by atoms with van der Waals surface area (Å²) in [6, 6.07) is 8.18. The normalized spacial score (nSPS) is 19.7. The summed E-state index contributed by atoms with van der Waals surface area (Å²) < 4.78 is 5.28. The lowest BCUT2D eigenvalue weighted by Gasteiger charge is -2.24. The van der Waals surface area contributed by atoms with Crippen LogP contribution in [0.1, 0.15) is 18.1 Å². The first-order valence-electron chi connectivity index (χ1n) is 8.43. The molecule has 2 heterocycles. The number of nitrogens with zero attached hydrogens (tertiary/aromatic N) is 2. The van der Waals surface area contributed by atoms with Gasteiger partial charge in [-0.15, -0.1) is 0 Å². The minimum Gasteiger partial charge on any atom is -0.481 e. The molecule has 0 saturated carbocycles. The summed E-state index contributed by atoms with van der Waals surface area (Å²) in [5.41, 5.74) is 2.52. The predicted molar refractivity (Wildman–Crippen MR) is 92.4 cm³/mol. The number of aliphatic carboxylic acids is 2. The van der Waals surface area contributed by atoms with E-state index in [1.54, 1.807) is 4.90 Å². The van der Waals surface area contributed by atoms with Crippen LogP contribution >= 0.6 is 0 Å². The van der Waals surface area contributed by atoms with Crippen molar-refractivity contribution in [2.24, 2.45) is 5.92 Å². The van der Waals surface area contributed by atoms with Crippen LogP contribution in [0.2, 0.25) is 0 Å². The summed E-state index contributed by atoms with van der Waals surface area (Å²) in [5, 5.41) is 16.6. The Bertz CT molecular complexity index is 634. The van der Waals surface area contributed by atoms with Crippen LogP contribution in [0.5, 0.6) is 0 Å². The highest BCUT2D eigenvalue weighted by Crippen LogP contribution is 2.22. The second kappa shape index (κ2) is 9.30. The Morgan fingerprint density at radius 2 is 1.73 bits per heavy atom. The first-order valence-corrected chi connectivity index (χ1v) is 8.43. The van der Waals surface area contributed by atoms with Crippen LogP contribution in [0, 0.1) is 5.92 Å². The van der Waals surface area contributed by atoms with Crippen molar-refractivity contribution in [2.75, 3.05) is 32.8 Å². The van der Waals surface area contributed by atoms with E-state index in [4.69, 9.17) is 19.7 Å². The number of benzene rings is 1. The third-order valence-corrected chi connectivity index (χ3v) is 4.23. The second-order valence-electron chi connectivity index (χ2n) is 6.38. The monoisotopic (exact) mass is 364 g/mol. The van der Waals surface area contributed by atoms with E-state index in [1.807, 2.05) is 12.1 Å². The molecule has 0 aromatic heterocycles. The van der Waals surface area contributed by atoms with Gasteiger partial charge in [-0.2, -0.15) is 0 Å². The molecular formula is C18H24N2O6. The molecule has 1 amide bonds. The van der Waals surface area contributed by atoms with Crippen molar-refractivity contribution in [3.05, 3.63) is 35.4 Å². The fourth-order valence-electron chi connectivity index (χ4n) is 2.99. The quantitative estimate of drug-likeness (QED) is 0.811. The van der Waals surface area contributed by atoms with E-state index in [0.717, 1.165) is 20.0 Å². The Morgan fingerprint density at radius 1 is 1.15 bits per heavy atom. The number of fused-ring (bicyclic) bond motifs is 1. The number of carbonyl (C=O) groups is 3. The van der Waals surface area contributed by atoms with Gasteiger partial charge in [-0.05, 0) is 11.1 Å². The van der Waals surface area contributed by atoms with E-state index in [1.165, 1.54) is 11.1 Å². The van der Waals surface area contributed by atoms with E-state index in [2.05, 4.69) is 17.0 Å². The fraction of sp³-hybridized carbons (Fsp3) is 0.500. The molecule has 1 aromatic carbocycles. The lowest BCUT2D eigenvalue weighted by atomic mass is 10.1. The van der Waals surface area contributed by atoms with Crippen molar-refractivity contribution in [2.45, 2.75) is 20.0 Å². The molecule has 0 radical (unpaired) electrons. The van der Waals surface area contributed by atoms with Crippen molar-refractivity contribution < 1.29 is 29.3 Å². The maximum Gasteiger partial charge on any atom is 0.310 e. The number of carbonyl (C=O) groups excluding carboxylic acids is 1. The Hall–Kier alpha value is -2.45. The van der Waals surface area contributed by atoms with Gasteiger partial charge in [0.05, 0.1) is 25.7 Å². The van der Waals surface area contributed by atoms with Crippen LogP contribution < -0.4 is 0 Å². The van der Waals surface area contributed by atoms with Gasteiger partial charge in [-0.3, -0.25) is 19.3 Å². The lowest BCUT2D eigenvalue weighted by molar-refractivity contribution is -0.144. The van der Waals surface area contributed by atoms with Gasteiger partial charge in [0.25, 0.3) is 5.97 Å². The fourth-order valence-corrected chi connectivity index (χ4v) is 2.99. The van der Waals surface area contributed by atoms with Gasteiger partial charge < -0.3 is 19.8 Å². The van der Waals surface area contributed by atoms with Gasteiger partial charge in [0.1, 0.15) is 0 Å². The minimum absolute atomic E-state index is 0.0236. The third-order valence-electron chi connectivity index (χ3n) is 4.23. The highest BCUT2D eigenvalue weighted by atomic mass is 16.5. The number of carboxylic acids is 2. The number of amides is 1. The van der Waals surface area contributed by atoms with E-state index < -0.39 is 17.9 Å². The summed E-state index contributed by atoms with van der Waals surface area (Å²) in [6.45, 7) is 4.21. The SMILES string of the molecule is CC(=O)O.O=C(O)C1COCCN(C(=O)CN2Cc3ccccc3C2)C1. The molecule has 0 spiro atoms. The first-order chi connectivity index (χ1) is 12.4. The summed E-state index contributed by atoms with van der Waals surface area (Å²) in [5.74, 6) is -2.40. The van der Waals surface area contributed by atoms with Crippen LogP contribution in [-0.4, -0.2) is 70.7 Å². The van der Waals surface area contributed by atoms with E-state index >= 15 is 0 Å². The standard InChI is InChI=1S/C16H20N2O4.C2H4O2/c19-15(18-5-6-22-11-14(9-18)16(20)21)10-17-7-12-3-1-2-4-13(12)8-17;1-2(3)4/h1-4,14H,5-11H2,(H,20,21);1H3,(H,3,4). The Kier molecular flexibility index (Phi) is 7.11. The zero-order valence-electron chi connectivity index (χ0n) is 14.8. The Labute approximate surface area is 152 Å². The van der Waals surface area contributed by atoms with Gasteiger partial charge in [-0.25, -0.2) is 0 Å². The molecule has 0 aliphatic carbocycles. The van der Waals surface area contributed by atoms with Crippen LogP contribution in [0.4, 0.5) is 0 Å². The molecule has 1 aromatic rings. The zero-order valence-corrected chi connectivity index (χ0v) is 14.8. The molecule has 26 heavy (non-hydrogen) atoms. The average molecular weight is 364 g/mol. The smallest absolute Gasteiger partial charge is 0.310 e. The van der Waals surface area contributed by atoms with Gasteiger partial charge in [-0.1, -0.05) is 24.3 Å². The van der Waals surface area contributed by atoms with Crippen LogP contribution in [0.15, 0.2) is 24.3 Å². The third kappa shape index (κ3) is 5.82. The van der Waals surface area contributed by atoms with Crippen molar-refractivity contribution in [3.8, 4) is 0 Å². The van der Waals surface area contributed by atoms with Crippen molar-refractivity contribution >= 4 is 17.8 Å².